The average Bonchev–Trinajstić information content (AvgIpc) is 2.69. The van der Waals surface area contributed by atoms with Gasteiger partial charge in [0.05, 0.1) is 6.61 Å². The SMILES string of the molecule is CCCCCCCCCCCCCCCCCCn1ccc(=O)c(CO)c1C. The maximum Gasteiger partial charge on any atom is 0.187 e. The first-order valence-electron chi connectivity index (χ1n) is 12.0. The van der Waals surface area contributed by atoms with Crippen molar-refractivity contribution >= 4 is 0 Å². The Hall–Kier alpha value is -1.09. The Labute approximate surface area is 173 Å². The molecule has 0 bridgehead atoms. The van der Waals surface area contributed by atoms with Crippen LogP contribution >= 0.6 is 0 Å². The van der Waals surface area contributed by atoms with E-state index in [9.17, 15) is 9.90 Å². The zero-order valence-corrected chi connectivity index (χ0v) is 18.7. The Morgan fingerprint density at radius 3 is 1.61 bits per heavy atom. The summed E-state index contributed by atoms with van der Waals surface area (Å²) in [6.07, 6.45) is 23.9. The summed E-state index contributed by atoms with van der Waals surface area (Å²) < 4.78 is 2.11. The van der Waals surface area contributed by atoms with Gasteiger partial charge in [-0.2, -0.15) is 0 Å². The molecule has 0 spiro atoms. The number of aliphatic hydroxyl groups is 1. The minimum atomic E-state index is -0.162. The molecule has 0 radical (unpaired) electrons. The Morgan fingerprint density at radius 2 is 1.18 bits per heavy atom. The molecule has 0 saturated heterocycles. The maximum absolute atomic E-state index is 11.7. The van der Waals surface area contributed by atoms with E-state index in [4.69, 9.17) is 0 Å². The second-order valence-corrected chi connectivity index (χ2v) is 8.40. The predicted octanol–water partition coefficient (Wildman–Crippen LogP) is 6.91. The molecule has 0 atom stereocenters. The minimum absolute atomic E-state index is 0.0526. The summed E-state index contributed by atoms with van der Waals surface area (Å²) in [5, 5.41) is 9.32. The molecule has 1 N–H and O–H groups in total. The van der Waals surface area contributed by atoms with Crippen LogP contribution in [0, 0.1) is 6.92 Å². The van der Waals surface area contributed by atoms with Crippen molar-refractivity contribution < 1.29 is 5.11 Å². The zero-order valence-electron chi connectivity index (χ0n) is 18.7. The number of hydrogen-bond donors (Lipinski definition) is 1. The Balaban J connectivity index is 1.90. The molecule has 1 aromatic heterocycles. The number of unbranched alkanes of at least 4 members (excludes halogenated alkanes) is 15. The highest BCUT2D eigenvalue weighted by atomic mass is 16.3. The van der Waals surface area contributed by atoms with Crippen molar-refractivity contribution in [2.75, 3.05) is 0 Å². The van der Waals surface area contributed by atoms with Crippen LogP contribution in [-0.2, 0) is 13.2 Å². The third-order valence-electron chi connectivity index (χ3n) is 5.98. The van der Waals surface area contributed by atoms with Crippen LogP contribution in [0.4, 0.5) is 0 Å². The smallest absolute Gasteiger partial charge is 0.187 e. The first-order valence-corrected chi connectivity index (χ1v) is 12.0. The largest absolute Gasteiger partial charge is 0.391 e. The number of aryl methyl sites for hydroxylation is 1. The fourth-order valence-corrected chi connectivity index (χ4v) is 3.99. The Morgan fingerprint density at radius 1 is 0.750 bits per heavy atom. The van der Waals surface area contributed by atoms with Gasteiger partial charge < -0.3 is 9.67 Å². The molecule has 0 amide bonds. The number of aromatic nitrogens is 1. The molecule has 0 aliphatic rings. The van der Waals surface area contributed by atoms with Gasteiger partial charge in [0.25, 0.3) is 0 Å². The van der Waals surface area contributed by atoms with Crippen molar-refractivity contribution in [3.05, 3.63) is 33.7 Å². The van der Waals surface area contributed by atoms with Crippen molar-refractivity contribution in [3.63, 3.8) is 0 Å². The molecule has 1 rings (SSSR count). The van der Waals surface area contributed by atoms with Crippen LogP contribution in [0.15, 0.2) is 17.1 Å². The molecule has 0 saturated carbocycles. The van der Waals surface area contributed by atoms with Gasteiger partial charge in [-0.15, -0.1) is 0 Å². The van der Waals surface area contributed by atoms with Gasteiger partial charge in [-0.3, -0.25) is 4.79 Å². The lowest BCUT2D eigenvalue weighted by Crippen LogP contribution is -2.16. The fraction of sp³-hybridized carbons (Fsp3) is 0.800. The highest BCUT2D eigenvalue weighted by Gasteiger charge is 2.05. The number of hydrogen-bond acceptors (Lipinski definition) is 2. The van der Waals surface area contributed by atoms with Crippen LogP contribution in [0.2, 0.25) is 0 Å². The molecular weight excluding hydrogens is 346 g/mol. The number of rotatable bonds is 18. The van der Waals surface area contributed by atoms with E-state index in [-0.39, 0.29) is 12.0 Å². The van der Waals surface area contributed by atoms with Crippen molar-refractivity contribution in [1.82, 2.24) is 4.57 Å². The summed E-state index contributed by atoms with van der Waals surface area (Å²) in [7, 11) is 0. The molecule has 3 heteroatoms. The molecule has 0 aliphatic heterocycles. The van der Waals surface area contributed by atoms with Crippen molar-refractivity contribution in [1.29, 1.82) is 0 Å². The predicted molar refractivity (Wildman–Crippen MR) is 121 cm³/mol. The lowest BCUT2D eigenvalue weighted by Gasteiger charge is -2.13. The van der Waals surface area contributed by atoms with E-state index in [1.165, 1.54) is 96.3 Å². The summed E-state index contributed by atoms with van der Waals surface area (Å²) in [4.78, 5) is 11.7. The van der Waals surface area contributed by atoms with E-state index in [1.807, 2.05) is 13.1 Å². The number of pyridine rings is 1. The quantitative estimate of drug-likeness (QED) is 0.276. The van der Waals surface area contributed by atoms with Gasteiger partial charge in [-0.1, -0.05) is 103 Å². The van der Waals surface area contributed by atoms with Gasteiger partial charge in [0.2, 0.25) is 0 Å². The standard InChI is InChI=1S/C25H45NO2/c1-3-4-5-6-7-8-9-10-11-12-13-14-15-16-17-18-20-26-21-19-25(28)24(22-27)23(26)2/h19,21,27H,3-18,20,22H2,1-2H3. The van der Waals surface area contributed by atoms with E-state index in [2.05, 4.69) is 11.5 Å². The van der Waals surface area contributed by atoms with Gasteiger partial charge in [-0.05, 0) is 13.3 Å². The number of aliphatic hydroxyl groups excluding tert-OH is 1. The van der Waals surface area contributed by atoms with Crippen LogP contribution in [0.3, 0.4) is 0 Å². The van der Waals surface area contributed by atoms with Crippen molar-refractivity contribution in [3.8, 4) is 0 Å². The first kappa shape index (κ1) is 24.9. The monoisotopic (exact) mass is 391 g/mol. The van der Waals surface area contributed by atoms with E-state index < -0.39 is 0 Å². The fourth-order valence-electron chi connectivity index (χ4n) is 3.99. The van der Waals surface area contributed by atoms with Crippen LogP contribution in [0.25, 0.3) is 0 Å². The van der Waals surface area contributed by atoms with Gasteiger partial charge in [0.1, 0.15) is 0 Å². The van der Waals surface area contributed by atoms with Gasteiger partial charge >= 0.3 is 0 Å². The Bertz CT molecular complexity index is 550. The molecule has 3 nitrogen and oxygen atoms in total. The molecule has 1 aromatic rings. The van der Waals surface area contributed by atoms with Gasteiger partial charge in [0.15, 0.2) is 5.43 Å². The summed E-state index contributed by atoms with van der Waals surface area (Å²) in [6, 6.07) is 1.57. The highest BCUT2D eigenvalue weighted by molar-refractivity contribution is 5.19. The first-order chi connectivity index (χ1) is 13.7. The van der Waals surface area contributed by atoms with Crippen LogP contribution in [-0.4, -0.2) is 9.67 Å². The van der Waals surface area contributed by atoms with Gasteiger partial charge in [-0.25, -0.2) is 0 Å². The molecule has 0 unspecified atom stereocenters. The van der Waals surface area contributed by atoms with Crippen LogP contribution < -0.4 is 5.43 Å². The molecule has 0 aromatic carbocycles. The van der Waals surface area contributed by atoms with Gasteiger partial charge in [0, 0.05) is 30.1 Å². The Kier molecular flexibility index (Phi) is 15.0. The van der Waals surface area contributed by atoms with E-state index in [1.54, 1.807) is 6.07 Å². The molecule has 1 heterocycles. The van der Waals surface area contributed by atoms with E-state index >= 15 is 0 Å². The lowest BCUT2D eigenvalue weighted by molar-refractivity contribution is 0.278. The zero-order chi connectivity index (χ0) is 20.5. The second-order valence-electron chi connectivity index (χ2n) is 8.40. The summed E-state index contributed by atoms with van der Waals surface area (Å²) in [5.74, 6) is 0. The molecular formula is C25H45NO2. The summed E-state index contributed by atoms with van der Waals surface area (Å²) >= 11 is 0. The van der Waals surface area contributed by atoms with Crippen molar-refractivity contribution in [2.24, 2.45) is 0 Å². The third-order valence-corrected chi connectivity index (χ3v) is 5.98. The second kappa shape index (κ2) is 16.8. The molecule has 0 aliphatic carbocycles. The number of nitrogens with zero attached hydrogens (tertiary/aromatic N) is 1. The summed E-state index contributed by atoms with van der Waals surface area (Å²) in [5.41, 5.74) is 1.40. The van der Waals surface area contributed by atoms with Crippen LogP contribution in [0.5, 0.6) is 0 Å². The summed E-state index contributed by atoms with van der Waals surface area (Å²) in [6.45, 7) is 4.99. The lowest BCUT2D eigenvalue weighted by atomic mass is 10.0. The molecule has 28 heavy (non-hydrogen) atoms. The third kappa shape index (κ3) is 11.0. The van der Waals surface area contributed by atoms with E-state index in [0.717, 1.165) is 18.7 Å². The highest BCUT2D eigenvalue weighted by Crippen LogP contribution is 2.14. The average molecular weight is 392 g/mol. The van der Waals surface area contributed by atoms with E-state index in [0.29, 0.717) is 5.56 Å². The normalized spacial score (nSPS) is 11.2. The van der Waals surface area contributed by atoms with Crippen molar-refractivity contribution in [2.45, 2.75) is 130 Å². The topological polar surface area (TPSA) is 42.2 Å². The minimum Gasteiger partial charge on any atom is -0.391 e. The van der Waals surface area contributed by atoms with Crippen LogP contribution in [0.1, 0.15) is 121 Å². The maximum atomic E-state index is 11.7. The molecule has 162 valence electrons. The molecule has 0 fully saturated rings.